The highest BCUT2D eigenvalue weighted by atomic mass is 32.2. The van der Waals surface area contributed by atoms with E-state index in [2.05, 4.69) is 15.0 Å². The number of sulfonamides is 1. The lowest BCUT2D eigenvalue weighted by molar-refractivity contribution is -0.137. The molecule has 5 rings (SSSR count). The van der Waals surface area contributed by atoms with Gasteiger partial charge in [0.05, 0.1) is 11.3 Å². The highest BCUT2D eigenvalue weighted by molar-refractivity contribution is 7.90. The fourth-order valence-corrected chi connectivity index (χ4v) is 8.17. The third kappa shape index (κ3) is 7.22. The van der Waals surface area contributed by atoms with E-state index < -0.39 is 33.7 Å². The van der Waals surface area contributed by atoms with Crippen LogP contribution in [0.3, 0.4) is 0 Å². The van der Waals surface area contributed by atoms with E-state index >= 15 is 0 Å². The summed E-state index contributed by atoms with van der Waals surface area (Å²) in [6, 6.07) is 15.3. The largest absolute Gasteiger partial charge is 0.487 e. The zero-order valence-electron chi connectivity index (χ0n) is 27.3. The van der Waals surface area contributed by atoms with Gasteiger partial charge in [0.25, 0.3) is 10.0 Å². The first-order chi connectivity index (χ1) is 22.2. The van der Waals surface area contributed by atoms with Crippen LogP contribution in [0, 0.1) is 20.8 Å². The van der Waals surface area contributed by atoms with Gasteiger partial charge in [-0.05, 0) is 86.4 Å². The molecule has 11 nitrogen and oxygen atoms in total. The number of alkyl carbamates (subject to hydrolysis) is 1. The van der Waals surface area contributed by atoms with Crippen molar-refractivity contribution in [2.24, 2.45) is 10.7 Å². The smallest absolute Gasteiger partial charge is 0.407 e. The number of carboxylic acids is 1. The molecule has 0 aromatic heterocycles. The quantitative estimate of drug-likeness (QED) is 0.125. The van der Waals surface area contributed by atoms with Crippen LogP contribution in [-0.2, 0) is 26.0 Å². The van der Waals surface area contributed by atoms with Gasteiger partial charge in [-0.3, -0.25) is 9.79 Å². The molecule has 2 aliphatic rings. The Hall–Kier alpha value is -4.58. The number of aliphatic carboxylic acids is 1. The molecule has 3 aromatic rings. The van der Waals surface area contributed by atoms with Gasteiger partial charge in [-0.1, -0.05) is 48.5 Å². The van der Waals surface area contributed by atoms with E-state index in [-0.39, 0.29) is 42.8 Å². The van der Waals surface area contributed by atoms with E-state index in [1.54, 1.807) is 13.8 Å². The second kappa shape index (κ2) is 13.3. The van der Waals surface area contributed by atoms with E-state index in [0.29, 0.717) is 24.0 Å². The molecule has 5 N–H and O–H groups in total. The molecule has 1 amide bonds. The molecular formula is C35H42N4O7S. The van der Waals surface area contributed by atoms with Gasteiger partial charge < -0.3 is 25.6 Å². The van der Waals surface area contributed by atoms with Crippen LogP contribution in [0.25, 0.3) is 11.1 Å². The number of guanidine groups is 1. The van der Waals surface area contributed by atoms with Crippen LogP contribution in [0.5, 0.6) is 5.75 Å². The van der Waals surface area contributed by atoms with Crippen molar-refractivity contribution in [2.45, 2.75) is 82.8 Å². The fraction of sp³-hybridized carbons (Fsp3) is 0.400. The van der Waals surface area contributed by atoms with Crippen molar-refractivity contribution in [1.82, 2.24) is 10.0 Å². The summed E-state index contributed by atoms with van der Waals surface area (Å²) in [5, 5.41) is 12.1. The number of fused-ring (bicyclic) bond motifs is 4. The topological polar surface area (TPSA) is 169 Å². The van der Waals surface area contributed by atoms with Gasteiger partial charge in [0.1, 0.15) is 18.0 Å². The summed E-state index contributed by atoms with van der Waals surface area (Å²) in [4.78, 5) is 28.6. The molecule has 1 aliphatic heterocycles. The van der Waals surface area contributed by atoms with E-state index in [4.69, 9.17) is 15.2 Å². The van der Waals surface area contributed by atoms with E-state index in [0.717, 1.165) is 39.1 Å². The Balaban J connectivity index is 1.17. The summed E-state index contributed by atoms with van der Waals surface area (Å²) in [6.45, 7) is 9.50. The fourth-order valence-electron chi connectivity index (χ4n) is 6.65. The number of rotatable bonds is 11. The van der Waals surface area contributed by atoms with E-state index in [9.17, 15) is 23.1 Å². The summed E-state index contributed by atoms with van der Waals surface area (Å²) in [7, 11) is -4.05. The van der Waals surface area contributed by atoms with Crippen LogP contribution < -0.4 is 20.5 Å². The third-order valence-electron chi connectivity index (χ3n) is 8.88. The maximum atomic E-state index is 13.4. The molecule has 0 fully saturated rings. The highest BCUT2D eigenvalue weighted by Crippen LogP contribution is 2.45. The standard InChI is InChI=1S/C35H42N4O7S/c1-20-21(2)32(22(3)28-18-35(4,5)46-31(20)28)47(43,44)39-33(36)37-16-10-11-23(17-30(40)41)38-34(42)45-19-29-26-14-8-6-12-24(26)25-13-7-9-15-27(25)29/h6-9,12-15,23,29H,10-11,16-19H2,1-5H3,(H,38,42)(H,40,41)(H3,36,37,39). The van der Waals surface area contributed by atoms with E-state index in [1.165, 1.54) is 0 Å². The lowest BCUT2D eigenvalue weighted by Gasteiger charge is -2.19. The van der Waals surface area contributed by atoms with Crippen LogP contribution in [0.2, 0.25) is 0 Å². The molecule has 1 atom stereocenters. The number of hydrogen-bond donors (Lipinski definition) is 4. The van der Waals surface area contributed by atoms with Crippen molar-refractivity contribution in [3.63, 3.8) is 0 Å². The number of benzene rings is 3. The van der Waals surface area contributed by atoms with Gasteiger partial charge in [-0.25, -0.2) is 17.9 Å². The van der Waals surface area contributed by atoms with Crippen LogP contribution in [0.4, 0.5) is 4.79 Å². The number of carboxylic acid groups (broad SMARTS) is 1. The Bertz CT molecular complexity index is 1810. The minimum absolute atomic E-state index is 0.105. The normalized spacial score (nSPS) is 15.6. The van der Waals surface area contributed by atoms with Crippen molar-refractivity contribution < 1.29 is 32.6 Å². The number of nitrogens with zero attached hydrogens (tertiary/aromatic N) is 1. The highest BCUT2D eigenvalue weighted by Gasteiger charge is 2.37. The number of amides is 1. The molecule has 0 saturated carbocycles. The second-order valence-corrected chi connectivity index (χ2v) is 14.4. The first-order valence-corrected chi connectivity index (χ1v) is 17.1. The molecule has 1 aliphatic carbocycles. The molecule has 12 heteroatoms. The SMILES string of the molecule is Cc1c(C)c(S(=O)(=O)NC(N)=NCCCC(CC(=O)O)NC(=O)OCC2c3ccccc3-c3ccccc32)c(C)c2c1OC(C)(C)C2. The van der Waals surface area contributed by atoms with Crippen molar-refractivity contribution in [2.75, 3.05) is 13.2 Å². The maximum absolute atomic E-state index is 13.4. The van der Waals surface area contributed by atoms with E-state index in [1.807, 2.05) is 69.3 Å². The van der Waals surface area contributed by atoms with Gasteiger partial charge in [-0.15, -0.1) is 0 Å². The molecule has 0 bridgehead atoms. The Morgan fingerprint density at radius 2 is 1.66 bits per heavy atom. The van der Waals surface area contributed by atoms with Crippen LogP contribution in [0.1, 0.15) is 72.4 Å². The predicted octanol–water partition coefficient (Wildman–Crippen LogP) is 5.08. The Morgan fingerprint density at radius 3 is 2.28 bits per heavy atom. The predicted molar refractivity (Wildman–Crippen MR) is 179 cm³/mol. The van der Waals surface area contributed by atoms with Crippen LogP contribution in [0.15, 0.2) is 58.4 Å². The van der Waals surface area contributed by atoms with Gasteiger partial charge in [0.2, 0.25) is 5.96 Å². The van der Waals surface area contributed by atoms with Gasteiger partial charge >= 0.3 is 12.1 Å². The number of aliphatic imine (C=N–C) groups is 1. The molecule has 3 aromatic carbocycles. The van der Waals surface area contributed by atoms with Gasteiger partial charge in [-0.2, -0.15) is 0 Å². The summed E-state index contributed by atoms with van der Waals surface area (Å²) in [6.07, 6.45) is 0.165. The molecule has 1 unspecified atom stereocenters. The lowest BCUT2D eigenvalue weighted by atomic mass is 9.94. The Kier molecular flexibility index (Phi) is 9.53. The zero-order chi connectivity index (χ0) is 34.1. The van der Waals surface area contributed by atoms with Crippen LogP contribution >= 0.6 is 0 Å². The molecular weight excluding hydrogens is 620 g/mol. The monoisotopic (exact) mass is 662 g/mol. The summed E-state index contributed by atoms with van der Waals surface area (Å²) < 4.78 is 40.9. The first kappa shape index (κ1) is 33.8. The average molecular weight is 663 g/mol. The second-order valence-electron chi connectivity index (χ2n) is 12.8. The molecule has 47 heavy (non-hydrogen) atoms. The first-order valence-electron chi connectivity index (χ1n) is 15.7. The minimum Gasteiger partial charge on any atom is -0.487 e. The number of nitrogens with two attached hydrogens (primary N) is 1. The maximum Gasteiger partial charge on any atom is 0.407 e. The van der Waals surface area contributed by atoms with Crippen molar-refractivity contribution in [1.29, 1.82) is 0 Å². The number of ether oxygens (including phenoxy) is 2. The molecule has 1 heterocycles. The van der Waals surface area contributed by atoms with Crippen molar-refractivity contribution in [3.8, 4) is 16.9 Å². The van der Waals surface area contributed by atoms with Crippen LogP contribution in [-0.4, -0.2) is 56.3 Å². The molecule has 0 saturated heterocycles. The molecule has 0 radical (unpaired) electrons. The Morgan fingerprint density at radius 1 is 1.04 bits per heavy atom. The third-order valence-corrected chi connectivity index (χ3v) is 10.5. The number of carbonyl (C=O) groups excluding carboxylic acids is 1. The zero-order valence-corrected chi connectivity index (χ0v) is 28.2. The average Bonchev–Trinajstić information content (AvgIpc) is 3.50. The molecule has 250 valence electrons. The number of nitrogens with one attached hydrogen (secondary N) is 2. The van der Waals surface area contributed by atoms with Gasteiger partial charge in [0.15, 0.2) is 0 Å². The number of carbonyl (C=O) groups is 2. The Labute approximate surface area is 275 Å². The summed E-state index contributed by atoms with van der Waals surface area (Å²) in [5.41, 5.74) is 12.7. The number of hydrogen-bond acceptors (Lipinski definition) is 7. The van der Waals surface area contributed by atoms with Crippen molar-refractivity contribution >= 4 is 28.0 Å². The van der Waals surface area contributed by atoms with Gasteiger partial charge in [0, 0.05) is 30.5 Å². The summed E-state index contributed by atoms with van der Waals surface area (Å²) in [5.74, 6) is -0.750. The minimum atomic E-state index is -4.05. The summed E-state index contributed by atoms with van der Waals surface area (Å²) >= 11 is 0. The van der Waals surface area contributed by atoms with Crippen molar-refractivity contribution in [3.05, 3.63) is 81.9 Å². The lowest BCUT2D eigenvalue weighted by Crippen LogP contribution is -2.38. The molecule has 0 spiro atoms.